The Kier molecular flexibility index (Phi) is 9.17. The van der Waals surface area contributed by atoms with Gasteiger partial charge in [-0.15, -0.1) is 0 Å². The molecule has 0 aliphatic rings. The van der Waals surface area contributed by atoms with Crippen molar-refractivity contribution < 1.29 is 9.13 Å². The normalized spacial score (nSPS) is 11.2. The molecule has 5 aromatic carbocycles. The molecule has 0 heterocycles. The van der Waals surface area contributed by atoms with E-state index in [0.29, 0.717) is 21.7 Å². The summed E-state index contributed by atoms with van der Waals surface area (Å²) >= 11 is 0. The van der Waals surface area contributed by atoms with Crippen LogP contribution < -0.4 is 20.7 Å². The molecule has 196 valence electrons. The van der Waals surface area contributed by atoms with E-state index in [4.69, 9.17) is 4.74 Å². The van der Waals surface area contributed by atoms with Gasteiger partial charge in [-0.05, 0) is 70.4 Å². The molecule has 1 N–H and O–H groups in total. The predicted molar refractivity (Wildman–Crippen MR) is 162 cm³/mol. The van der Waals surface area contributed by atoms with Gasteiger partial charge in [0.1, 0.15) is 18.2 Å². The molecule has 5 rings (SSSR count). The third-order valence-electron chi connectivity index (χ3n) is 6.64. The number of hydrogen-bond acceptors (Lipinski definition) is 2. The summed E-state index contributed by atoms with van der Waals surface area (Å²) in [5.74, 6) is 0.717. The van der Waals surface area contributed by atoms with E-state index < -0.39 is 0 Å². The molecule has 0 bridgehead atoms. The quantitative estimate of drug-likeness (QED) is 0.186. The Hall–Kier alpha value is -3.78. The smallest absolute Gasteiger partial charge is 0.131 e. The second-order valence-corrected chi connectivity index (χ2v) is 11.0. The van der Waals surface area contributed by atoms with E-state index in [1.165, 1.54) is 22.3 Å². The van der Waals surface area contributed by atoms with Crippen molar-refractivity contribution in [1.82, 2.24) is 5.32 Å². The SMILES string of the molecule is CNCc1cc(F)ccc1Pc1cc(Cc2ccccc2)cc(Cc2ccccc2)c1OCc1ccccc1. The number of ether oxygens (including phenoxy) is 1. The fourth-order valence-electron chi connectivity index (χ4n) is 4.79. The van der Waals surface area contributed by atoms with Crippen LogP contribution in [0.3, 0.4) is 0 Å². The minimum atomic E-state index is -0.211. The maximum Gasteiger partial charge on any atom is 0.131 e. The summed E-state index contributed by atoms with van der Waals surface area (Å²) in [5.41, 5.74) is 7.04. The third kappa shape index (κ3) is 7.41. The van der Waals surface area contributed by atoms with Crippen molar-refractivity contribution in [2.75, 3.05) is 7.05 Å². The average Bonchev–Trinajstić information content (AvgIpc) is 2.96. The standard InChI is InChI=1S/C35H33FNOP/c1-37-24-31-23-32(36)17-18-33(31)39-34-22-29(19-26-11-5-2-6-12-26)21-30(20-27-13-7-3-8-14-27)35(34)38-25-28-15-9-4-10-16-28/h2-18,21-23,37,39H,19-20,24-25H2,1H3. The minimum absolute atomic E-state index is 0.211. The highest BCUT2D eigenvalue weighted by Gasteiger charge is 2.17. The summed E-state index contributed by atoms with van der Waals surface area (Å²) in [7, 11) is 2.22. The summed E-state index contributed by atoms with van der Waals surface area (Å²) in [6, 6.07) is 41.1. The van der Waals surface area contributed by atoms with E-state index >= 15 is 0 Å². The Bertz CT molecular complexity index is 1490. The van der Waals surface area contributed by atoms with E-state index in [9.17, 15) is 4.39 Å². The first-order chi connectivity index (χ1) is 19.2. The van der Waals surface area contributed by atoms with Gasteiger partial charge in [-0.3, -0.25) is 0 Å². The second kappa shape index (κ2) is 13.3. The van der Waals surface area contributed by atoms with Gasteiger partial charge in [0, 0.05) is 18.3 Å². The lowest BCUT2D eigenvalue weighted by molar-refractivity contribution is 0.306. The van der Waals surface area contributed by atoms with Gasteiger partial charge < -0.3 is 10.1 Å². The molecular weight excluding hydrogens is 500 g/mol. The molecule has 0 fully saturated rings. The van der Waals surface area contributed by atoms with Crippen LogP contribution in [0.5, 0.6) is 5.75 Å². The molecule has 0 radical (unpaired) electrons. The molecule has 39 heavy (non-hydrogen) atoms. The van der Waals surface area contributed by atoms with Crippen LogP contribution in [0.25, 0.3) is 0 Å². The molecule has 0 saturated carbocycles. The van der Waals surface area contributed by atoms with E-state index in [0.717, 1.165) is 40.3 Å². The lowest BCUT2D eigenvalue weighted by Gasteiger charge is -2.20. The van der Waals surface area contributed by atoms with Crippen LogP contribution in [0, 0.1) is 5.82 Å². The zero-order chi connectivity index (χ0) is 26.9. The topological polar surface area (TPSA) is 21.3 Å². The average molecular weight is 534 g/mol. The maximum atomic E-state index is 14.2. The number of rotatable bonds is 11. The van der Waals surface area contributed by atoms with Gasteiger partial charge in [0.05, 0.1) is 0 Å². The van der Waals surface area contributed by atoms with Crippen molar-refractivity contribution >= 4 is 19.2 Å². The Balaban J connectivity index is 1.60. The van der Waals surface area contributed by atoms with Crippen LogP contribution in [0.1, 0.15) is 33.4 Å². The van der Waals surface area contributed by atoms with Crippen LogP contribution in [0.2, 0.25) is 0 Å². The lowest BCUT2D eigenvalue weighted by atomic mass is 9.98. The highest BCUT2D eigenvalue weighted by atomic mass is 31.1. The third-order valence-corrected chi connectivity index (χ3v) is 8.04. The molecule has 0 spiro atoms. The van der Waals surface area contributed by atoms with Crippen molar-refractivity contribution in [3.05, 3.63) is 161 Å². The van der Waals surface area contributed by atoms with Crippen LogP contribution in [-0.2, 0) is 26.0 Å². The van der Waals surface area contributed by atoms with Gasteiger partial charge in [-0.2, -0.15) is 0 Å². The molecule has 0 aliphatic heterocycles. The summed E-state index contributed by atoms with van der Waals surface area (Å²) in [6.45, 7) is 1.10. The number of nitrogens with one attached hydrogen (secondary N) is 1. The molecule has 4 heteroatoms. The zero-order valence-electron chi connectivity index (χ0n) is 22.2. The first-order valence-electron chi connectivity index (χ1n) is 13.3. The Labute approximate surface area is 232 Å². The van der Waals surface area contributed by atoms with E-state index in [1.807, 2.05) is 37.4 Å². The Morgan fingerprint density at radius 2 is 1.23 bits per heavy atom. The van der Waals surface area contributed by atoms with Crippen molar-refractivity contribution in [2.45, 2.75) is 26.0 Å². The molecule has 2 nitrogen and oxygen atoms in total. The fraction of sp³-hybridized carbons (Fsp3) is 0.143. The molecule has 0 aromatic heterocycles. The highest BCUT2D eigenvalue weighted by Crippen LogP contribution is 2.30. The lowest BCUT2D eigenvalue weighted by Crippen LogP contribution is -2.18. The minimum Gasteiger partial charge on any atom is -0.488 e. The number of benzene rings is 5. The summed E-state index contributed by atoms with van der Waals surface area (Å²) < 4.78 is 20.8. The van der Waals surface area contributed by atoms with Crippen LogP contribution >= 0.6 is 8.58 Å². The van der Waals surface area contributed by atoms with Gasteiger partial charge in [-0.25, -0.2) is 4.39 Å². The Morgan fingerprint density at radius 3 is 1.87 bits per heavy atom. The van der Waals surface area contributed by atoms with Gasteiger partial charge in [0.15, 0.2) is 0 Å². The van der Waals surface area contributed by atoms with Gasteiger partial charge in [0.2, 0.25) is 0 Å². The van der Waals surface area contributed by atoms with Crippen molar-refractivity contribution in [2.24, 2.45) is 0 Å². The van der Waals surface area contributed by atoms with Crippen LogP contribution in [0.15, 0.2) is 121 Å². The highest BCUT2D eigenvalue weighted by molar-refractivity contribution is 7.55. The summed E-state index contributed by atoms with van der Waals surface area (Å²) in [5, 5.41) is 5.46. The van der Waals surface area contributed by atoms with Crippen molar-refractivity contribution in [3.8, 4) is 5.75 Å². The van der Waals surface area contributed by atoms with Crippen LogP contribution in [-0.4, -0.2) is 7.05 Å². The molecule has 5 aromatic rings. The second-order valence-electron chi connectivity index (χ2n) is 9.69. The first kappa shape index (κ1) is 26.8. The Morgan fingerprint density at radius 1 is 0.615 bits per heavy atom. The first-order valence-corrected chi connectivity index (χ1v) is 14.3. The number of halogens is 1. The van der Waals surface area contributed by atoms with E-state index in [-0.39, 0.29) is 5.82 Å². The molecule has 0 amide bonds. The monoisotopic (exact) mass is 533 g/mol. The molecule has 0 aliphatic carbocycles. The number of hydrogen-bond donors (Lipinski definition) is 1. The van der Waals surface area contributed by atoms with Crippen molar-refractivity contribution in [1.29, 1.82) is 0 Å². The molecular formula is C35H33FNOP. The van der Waals surface area contributed by atoms with Gasteiger partial charge in [-0.1, -0.05) is 112 Å². The zero-order valence-corrected chi connectivity index (χ0v) is 23.2. The molecule has 1 atom stereocenters. The predicted octanol–water partition coefficient (Wildman–Crippen LogP) is 6.94. The molecule has 0 saturated heterocycles. The summed E-state index contributed by atoms with van der Waals surface area (Å²) in [4.78, 5) is 0. The largest absolute Gasteiger partial charge is 0.488 e. The van der Waals surface area contributed by atoms with Gasteiger partial charge in [0.25, 0.3) is 0 Å². The van der Waals surface area contributed by atoms with Crippen molar-refractivity contribution in [3.63, 3.8) is 0 Å². The fourth-order valence-corrected chi connectivity index (χ4v) is 6.18. The summed E-state index contributed by atoms with van der Waals surface area (Å²) in [6.07, 6.45) is 1.61. The van der Waals surface area contributed by atoms with Crippen LogP contribution in [0.4, 0.5) is 4.39 Å². The van der Waals surface area contributed by atoms with E-state index in [1.54, 1.807) is 12.1 Å². The van der Waals surface area contributed by atoms with Gasteiger partial charge >= 0.3 is 0 Å². The van der Waals surface area contributed by atoms with E-state index in [2.05, 4.69) is 84.2 Å². The maximum absolute atomic E-state index is 14.2. The molecule has 1 unspecified atom stereocenters.